The van der Waals surface area contributed by atoms with Crippen molar-refractivity contribution in [3.63, 3.8) is 0 Å². The molecule has 0 aliphatic carbocycles. The van der Waals surface area contributed by atoms with Crippen LogP contribution < -0.4 is 5.73 Å². The van der Waals surface area contributed by atoms with Gasteiger partial charge in [0.2, 0.25) is 0 Å². The number of nitrogens with zero attached hydrogens (tertiary/aromatic N) is 1. The molecule has 1 radical (unpaired) electrons. The van der Waals surface area contributed by atoms with Crippen molar-refractivity contribution in [2.45, 2.75) is 0 Å². The summed E-state index contributed by atoms with van der Waals surface area (Å²) in [5.41, 5.74) is 4.94. The lowest BCUT2D eigenvalue weighted by Crippen LogP contribution is -2.40. The Balaban J connectivity index is 2.83. The summed E-state index contributed by atoms with van der Waals surface area (Å²) >= 11 is 0. The summed E-state index contributed by atoms with van der Waals surface area (Å²) in [5, 5.41) is 0. The number of carbonyl (C=O) groups excluding carboxylic acids is 2. The molecule has 13 heavy (non-hydrogen) atoms. The number of carbonyl (C=O) groups is 2. The maximum atomic E-state index is 11.4. The van der Waals surface area contributed by atoms with E-state index in [4.69, 9.17) is 10.2 Å². The molecule has 1 rings (SSSR count). The summed E-state index contributed by atoms with van der Waals surface area (Å²) in [6, 6.07) is 2.17. The van der Waals surface area contributed by atoms with Crippen LogP contribution in [-0.4, -0.2) is 23.4 Å². The van der Waals surface area contributed by atoms with E-state index in [9.17, 15) is 9.59 Å². The van der Waals surface area contributed by atoms with Gasteiger partial charge < -0.3 is 10.2 Å². The average molecular weight is 181 g/mol. The van der Waals surface area contributed by atoms with E-state index in [-0.39, 0.29) is 12.3 Å². The molecule has 0 bridgehead atoms. The normalized spacial score (nSPS) is 9.62. The lowest BCUT2D eigenvalue weighted by Gasteiger charge is -2.13. The average Bonchev–Trinajstić information content (AvgIpc) is 2.56. The number of primary amides is 1. The Labute approximate surface area is 75.1 Å². The number of nitrogens with two attached hydrogens (primary N) is 1. The zero-order valence-corrected chi connectivity index (χ0v) is 6.90. The summed E-state index contributed by atoms with van der Waals surface area (Å²) in [5.74, 6) is -0.505. The van der Waals surface area contributed by atoms with Crippen LogP contribution in [0.2, 0.25) is 0 Å². The molecule has 2 N–H and O–H groups in total. The molecule has 0 aliphatic heterocycles. The van der Waals surface area contributed by atoms with E-state index >= 15 is 0 Å². The second-order valence-electron chi connectivity index (χ2n) is 2.27. The van der Waals surface area contributed by atoms with Gasteiger partial charge in [-0.3, -0.25) is 9.69 Å². The van der Waals surface area contributed by atoms with Crippen molar-refractivity contribution >= 4 is 11.9 Å². The number of hydrogen-bond acceptors (Lipinski definition) is 3. The summed E-state index contributed by atoms with van der Waals surface area (Å²) in [4.78, 5) is 22.9. The summed E-state index contributed by atoms with van der Waals surface area (Å²) in [6.07, 6.45) is 1.34. The smallest absolute Gasteiger partial charge is 0.321 e. The van der Waals surface area contributed by atoms with E-state index < -0.39 is 11.9 Å². The third kappa shape index (κ3) is 1.87. The minimum atomic E-state index is -0.837. The van der Waals surface area contributed by atoms with Gasteiger partial charge >= 0.3 is 6.03 Å². The van der Waals surface area contributed by atoms with Crippen LogP contribution in [-0.2, 0) is 0 Å². The molecule has 1 aromatic heterocycles. The molecule has 3 amide bonds. The second kappa shape index (κ2) is 3.75. The van der Waals surface area contributed by atoms with Crippen LogP contribution in [0.4, 0.5) is 4.79 Å². The molecule has 0 fully saturated rings. The number of imide groups is 1. The zero-order valence-electron chi connectivity index (χ0n) is 6.90. The van der Waals surface area contributed by atoms with Gasteiger partial charge in [0.1, 0.15) is 0 Å². The van der Waals surface area contributed by atoms with Gasteiger partial charge in [-0.15, -0.1) is 0 Å². The molecule has 5 heteroatoms. The maximum absolute atomic E-state index is 11.4. The fourth-order valence-electron chi connectivity index (χ4n) is 0.845. The Morgan fingerprint density at radius 3 is 2.69 bits per heavy atom. The maximum Gasteiger partial charge on any atom is 0.321 e. The van der Waals surface area contributed by atoms with Crippen molar-refractivity contribution in [2.75, 3.05) is 6.54 Å². The van der Waals surface area contributed by atoms with Gasteiger partial charge in [-0.05, 0) is 19.1 Å². The van der Waals surface area contributed by atoms with E-state index in [1.807, 2.05) is 0 Å². The van der Waals surface area contributed by atoms with Gasteiger partial charge in [0, 0.05) is 6.54 Å². The van der Waals surface area contributed by atoms with Gasteiger partial charge in [-0.2, -0.15) is 0 Å². The third-order valence-corrected chi connectivity index (χ3v) is 1.47. The topological polar surface area (TPSA) is 76.5 Å². The summed E-state index contributed by atoms with van der Waals surface area (Å²) in [6.45, 7) is 3.38. The first kappa shape index (κ1) is 9.31. The van der Waals surface area contributed by atoms with E-state index in [0.29, 0.717) is 0 Å². The van der Waals surface area contributed by atoms with Crippen LogP contribution in [0, 0.1) is 6.92 Å². The molecule has 0 atom stereocenters. The first-order valence-corrected chi connectivity index (χ1v) is 3.61. The van der Waals surface area contributed by atoms with Gasteiger partial charge in [0.25, 0.3) is 5.91 Å². The van der Waals surface area contributed by atoms with Gasteiger partial charge in [0.15, 0.2) is 5.76 Å². The molecular weight excluding hydrogens is 172 g/mol. The van der Waals surface area contributed by atoms with Crippen LogP contribution in [0.15, 0.2) is 22.8 Å². The lowest BCUT2D eigenvalue weighted by molar-refractivity contribution is 0.0791. The molecule has 0 spiro atoms. The molecule has 0 unspecified atom stereocenters. The fraction of sp³-hybridized carbons (Fsp3) is 0.125. The van der Waals surface area contributed by atoms with Crippen LogP contribution in [0.5, 0.6) is 0 Å². The van der Waals surface area contributed by atoms with Crippen LogP contribution >= 0.6 is 0 Å². The number of furan rings is 1. The molecule has 69 valence electrons. The first-order valence-electron chi connectivity index (χ1n) is 3.61. The van der Waals surface area contributed by atoms with Crippen molar-refractivity contribution in [3.8, 4) is 0 Å². The Hall–Kier alpha value is -1.78. The zero-order chi connectivity index (χ0) is 9.84. The van der Waals surface area contributed by atoms with E-state index in [1.54, 1.807) is 6.07 Å². The molecule has 0 saturated carbocycles. The van der Waals surface area contributed by atoms with Gasteiger partial charge in [-0.25, -0.2) is 4.79 Å². The monoisotopic (exact) mass is 181 g/mol. The number of urea groups is 1. The van der Waals surface area contributed by atoms with Crippen LogP contribution in [0.25, 0.3) is 0 Å². The van der Waals surface area contributed by atoms with Crippen LogP contribution in [0.3, 0.4) is 0 Å². The van der Waals surface area contributed by atoms with E-state index in [0.717, 1.165) is 4.90 Å². The molecule has 0 aliphatic rings. The second-order valence-corrected chi connectivity index (χ2v) is 2.27. The highest BCUT2D eigenvalue weighted by atomic mass is 16.3. The predicted molar refractivity (Wildman–Crippen MR) is 44.7 cm³/mol. The standard InChI is InChI=1S/C8H9N2O3/c1-2-10(8(9)12)7(11)6-4-3-5-13-6/h3-5H,1-2H2,(H2,9,12). The minimum Gasteiger partial charge on any atom is -0.459 e. The highest BCUT2D eigenvalue weighted by Gasteiger charge is 2.20. The Bertz CT molecular complexity index is 305. The van der Waals surface area contributed by atoms with Gasteiger partial charge in [0.05, 0.1) is 6.26 Å². The Morgan fingerprint density at radius 1 is 1.62 bits per heavy atom. The largest absolute Gasteiger partial charge is 0.459 e. The number of hydrogen-bond donors (Lipinski definition) is 1. The Kier molecular flexibility index (Phi) is 2.69. The molecular formula is C8H9N2O3. The molecule has 5 nitrogen and oxygen atoms in total. The highest BCUT2D eigenvalue weighted by molar-refractivity contribution is 6.02. The highest BCUT2D eigenvalue weighted by Crippen LogP contribution is 2.04. The lowest BCUT2D eigenvalue weighted by atomic mass is 10.4. The fourth-order valence-corrected chi connectivity index (χ4v) is 0.845. The van der Waals surface area contributed by atoms with Crippen LogP contribution in [0.1, 0.15) is 10.6 Å². The van der Waals surface area contributed by atoms with E-state index in [1.165, 1.54) is 12.3 Å². The quantitative estimate of drug-likeness (QED) is 0.727. The number of rotatable bonds is 2. The van der Waals surface area contributed by atoms with E-state index in [2.05, 4.69) is 6.92 Å². The third-order valence-electron chi connectivity index (χ3n) is 1.47. The SMILES string of the molecule is [CH2]CN(C(N)=O)C(=O)c1ccco1. The van der Waals surface area contributed by atoms with Crippen molar-refractivity contribution in [2.24, 2.45) is 5.73 Å². The minimum absolute atomic E-state index is 0.0190. The van der Waals surface area contributed by atoms with Crippen molar-refractivity contribution < 1.29 is 14.0 Å². The number of amides is 3. The molecule has 1 aromatic rings. The predicted octanol–water partition coefficient (Wildman–Crippen LogP) is 0.635. The molecule has 1 heterocycles. The summed E-state index contributed by atoms with van der Waals surface area (Å²) < 4.78 is 4.80. The molecule has 0 saturated heterocycles. The summed E-state index contributed by atoms with van der Waals surface area (Å²) in [7, 11) is 0. The van der Waals surface area contributed by atoms with Gasteiger partial charge in [-0.1, -0.05) is 0 Å². The molecule has 0 aromatic carbocycles. The van der Waals surface area contributed by atoms with Crippen molar-refractivity contribution in [1.82, 2.24) is 4.90 Å². The Morgan fingerprint density at radius 2 is 2.31 bits per heavy atom. The van der Waals surface area contributed by atoms with Crippen molar-refractivity contribution in [3.05, 3.63) is 31.1 Å². The van der Waals surface area contributed by atoms with Crippen molar-refractivity contribution in [1.29, 1.82) is 0 Å². The first-order chi connectivity index (χ1) is 6.16.